The summed E-state index contributed by atoms with van der Waals surface area (Å²) >= 11 is 1.70. The first-order valence-corrected chi connectivity index (χ1v) is 9.99. The van der Waals surface area contributed by atoms with Crippen LogP contribution in [0.3, 0.4) is 0 Å². The molecule has 0 saturated carbocycles. The second-order valence-corrected chi connectivity index (χ2v) is 7.72. The molecule has 1 amide bonds. The van der Waals surface area contributed by atoms with Crippen LogP contribution in [0.1, 0.15) is 29.3 Å². The maximum absolute atomic E-state index is 12.7. The highest BCUT2D eigenvalue weighted by Gasteiger charge is 2.26. The summed E-state index contributed by atoms with van der Waals surface area (Å²) in [5, 5.41) is 3.18. The highest BCUT2D eigenvalue weighted by atomic mass is 32.1. The van der Waals surface area contributed by atoms with E-state index in [4.69, 9.17) is 0 Å². The van der Waals surface area contributed by atoms with Crippen molar-refractivity contribution in [1.29, 1.82) is 0 Å². The van der Waals surface area contributed by atoms with Crippen LogP contribution in [0.2, 0.25) is 0 Å². The van der Waals surface area contributed by atoms with E-state index in [0.29, 0.717) is 12.3 Å². The smallest absolute Gasteiger partial charge is 0.227 e. The first-order valence-electron chi connectivity index (χ1n) is 9.11. The van der Waals surface area contributed by atoms with Gasteiger partial charge < -0.3 is 4.90 Å². The number of rotatable bonds is 4. The second-order valence-electron chi connectivity index (χ2n) is 6.79. The van der Waals surface area contributed by atoms with Gasteiger partial charge in [-0.15, -0.1) is 11.3 Å². The average Bonchev–Trinajstić information content (AvgIpc) is 3.24. The molecule has 1 unspecified atom stereocenters. The van der Waals surface area contributed by atoms with E-state index in [9.17, 15) is 4.79 Å². The normalized spacial score (nSPS) is 17.2. The Morgan fingerprint density at radius 1 is 1.08 bits per heavy atom. The van der Waals surface area contributed by atoms with Crippen molar-refractivity contribution in [2.24, 2.45) is 0 Å². The molecule has 2 heterocycles. The Morgan fingerprint density at radius 2 is 1.85 bits per heavy atom. The number of hydrogen-bond acceptors (Lipinski definition) is 3. The first kappa shape index (κ1) is 17.0. The summed E-state index contributed by atoms with van der Waals surface area (Å²) < 4.78 is 0. The summed E-state index contributed by atoms with van der Waals surface area (Å²) in [6.45, 7) is 1.66. The van der Waals surface area contributed by atoms with Gasteiger partial charge in [0.2, 0.25) is 5.91 Å². The lowest BCUT2D eigenvalue weighted by atomic mass is 9.97. The Balaban J connectivity index is 1.40. The van der Waals surface area contributed by atoms with Gasteiger partial charge in [-0.1, -0.05) is 54.6 Å². The predicted molar refractivity (Wildman–Crippen MR) is 106 cm³/mol. The third kappa shape index (κ3) is 3.86. The summed E-state index contributed by atoms with van der Waals surface area (Å²) in [5.74, 6) is 0.617. The number of thiazole rings is 1. The monoisotopic (exact) mass is 362 g/mol. The Kier molecular flexibility index (Phi) is 5.12. The van der Waals surface area contributed by atoms with Gasteiger partial charge in [0.25, 0.3) is 0 Å². The fourth-order valence-corrected chi connectivity index (χ4v) is 4.34. The van der Waals surface area contributed by atoms with Crippen molar-refractivity contribution in [3.05, 3.63) is 76.7 Å². The van der Waals surface area contributed by atoms with Crippen molar-refractivity contribution in [2.45, 2.75) is 25.2 Å². The molecule has 3 nitrogen and oxygen atoms in total. The highest BCUT2D eigenvalue weighted by molar-refractivity contribution is 7.09. The van der Waals surface area contributed by atoms with Crippen molar-refractivity contribution in [3.8, 4) is 11.1 Å². The fraction of sp³-hybridized carbons (Fsp3) is 0.273. The van der Waals surface area contributed by atoms with Crippen LogP contribution in [-0.2, 0) is 11.2 Å². The number of nitrogens with zero attached hydrogens (tertiary/aromatic N) is 2. The highest BCUT2D eigenvalue weighted by Crippen LogP contribution is 2.28. The van der Waals surface area contributed by atoms with Crippen LogP contribution in [0.4, 0.5) is 0 Å². The van der Waals surface area contributed by atoms with Gasteiger partial charge in [0, 0.05) is 30.6 Å². The van der Waals surface area contributed by atoms with Crippen molar-refractivity contribution >= 4 is 17.2 Å². The number of piperidine rings is 1. The number of likely N-dealkylation sites (tertiary alicyclic amines) is 1. The molecule has 1 aromatic heterocycles. The lowest BCUT2D eigenvalue weighted by Crippen LogP contribution is -2.39. The van der Waals surface area contributed by atoms with Crippen LogP contribution in [-0.4, -0.2) is 28.9 Å². The Bertz CT molecular complexity index is 844. The SMILES string of the molecule is O=C(Cc1ccc(-c2ccccc2)cc1)N1CCCC(c2nccs2)C1. The fourth-order valence-electron chi connectivity index (χ4n) is 3.57. The molecular formula is C22H22N2OS. The first-order chi connectivity index (χ1) is 12.8. The maximum atomic E-state index is 12.7. The molecule has 1 aliphatic heterocycles. The van der Waals surface area contributed by atoms with Gasteiger partial charge in [-0.25, -0.2) is 4.98 Å². The molecule has 0 radical (unpaired) electrons. The maximum Gasteiger partial charge on any atom is 0.227 e. The van der Waals surface area contributed by atoms with Crippen LogP contribution in [0.25, 0.3) is 11.1 Å². The lowest BCUT2D eigenvalue weighted by Gasteiger charge is -2.32. The third-order valence-electron chi connectivity index (χ3n) is 4.99. The summed E-state index contributed by atoms with van der Waals surface area (Å²) in [5.41, 5.74) is 3.46. The molecular weight excluding hydrogens is 340 g/mol. The molecule has 0 spiro atoms. The molecule has 1 aliphatic rings. The molecule has 132 valence electrons. The average molecular weight is 362 g/mol. The van der Waals surface area contributed by atoms with Crippen molar-refractivity contribution in [1.82, 2.24) is 9.88 Å². The van der Waals surface area contributed by atoms with Crippen LogP contribution in [0.15, 0.2) is 66.2 Å². The van der Waals surface area contributed by atoms with Crippen molar-refractivity contribution in [3.63, 3.8) is 0 Å². The molecule has 0 N–H and O–H groups in total. The van der Waals surface area contributed by atoms with E-state index in [1.54, 1.807) is 11.3 Å². The minimum atomic E-state index is 0.221. The van der Waals surface area contributed by atoms with Crippen LogP contribution in [0.5, 0.6) is 0 Å². The van der Waals surface area contributed by atoms with E-state index in [1.807, 2.05) is 34.7 Å². The van der Waals surface area contributed by atoms with Gasteiger partial charge in [0.05, 0.1) is 11.4 Å². The summed E-state index contributed by atoms with van der Waals surface area (Å²) in [6.07, 6.45) is 4.51. The molecule has 1 saturated heterocycles. The van der Waals surface area contributed by atoms with Crippen molar-refractivity contribution < 1.29 is 4.79 Å². The third-order valence-corrected chi connectivity index (χ3v) is 5.93. The Morgan fingerprint density at radius 3 is 2.58 bits per heavy atom. The minimum absolute atomic E-state index is 0.221. The van der Waals surface area contributed by atoms with Gasteiger partial charge in [-0.05, 0) is 29.5 Å². The van der Waals surface area contributed by atoms with Gasteiger partial charge in [0.15, 0.2) is 0 Å². The van der Waals surface area contributed by atoms with Crippen LogP contribution >= 0.6 is 11.3 Å². The molecule has 0 bridgehead atoms. The zero-order valence-corrected chi connectivity index (χ0v) is 15.5. The Labute approximate surface area is 158 Å². The number of aromatic nitrogens is 1. The van der Waals surface area contributed by atoms with E-state index in [-0.39, 0.29) is 5.91 Å². The molecule has 1 fully saturated rings. The molecule has 0 aliphatic carbocycles. The number of carbonyl (C=O) groups is 1. The summed E-state index contributed by atoms with van der Waals surface area (Å²) in [7, 11) is 0. The van der Waals surface area contributed by atoms with Gasteiger partial charge in [-0.3, -0.25) is 4.79 Å². The van der Waals surface area contributed by atoms with Gasteiger partial charge in [0.1, 0.15) is 0 Å². The van der Waals surface area contributed by atoms with E-state index < -0.39 is 0 Å². The quantitative estimate of drug-likeness (QED) is 0.670. The van der Waals surface area contributed by atoms with Gasteiger partial charge >= 0.3 is 0 Å². The summed E-state index contributed by atoms with van der Waals surface area (Å²) in [4.78, 5) is 19.2. The molecule has 26 heavy (non-hydrogen) atoms. The molecule has 3 aromatic rings. The zero-order chi connectivity index (χ0) is 17.8. The van der Waals surface area contributed by atoms with E-state index in [1.165, 1.54) is 11.1 Å². The van der Waals surface area contributed by atoms with Crippen LogP contribution < -0.4 is 0 Å². The lowest BCUT2D eigenvalue weighted by molar-refractivity contribution is -0.131. The number of benzene rings is 2. The number of amides is 1. The number of hydrogen-bond donors (Lipinski definition) is 0. The second kappa shape index (κ2) is 7.83. The van der Waals surface area contributed by atoms with E-state index >= 15 is 0 Å². The number of carbonyl (C=O) groups excluding carboxylic acids is 1. The molecule has 4 heteroatoms. The van der Waals surface area contributed by atoms with Crippen LogP contribution in [0, 0.1) is 0 Å². The molecule has 2 aromatic carbocycles. The predicted octanol–water partition coefficient (Wildman–Crippen LogP) is 4.76. The zero-order valence-electron chi connectivity index (χ0n) is 14.7. The van der Waals surface area contributed by atoms with E-state index in [0.717, 1.165) is 36.5 Å². The van der Waals surface area contributed by atoms with E-state index in [2.05, 4.69) is 41.4 Å². The minimum Gasteiger partial charge on any atom is -0.342 e. The Hall–Kier alpha value is -2.46. The topological polar surface area (TPSA) is 33.2 Å². The molecule has 1 atom stereocenters. The standard InChI is InChI=1S/C22H22N2OS/c25-21(24-13-4-7-20(16-24)22-23-12-14-26-22)15-17-8-10-19(11-9-17)18-5-2-1-3-6-18/h1-3,5-6,8-12,14,20H,4,7,13,15-16H2. The molecule has 4 rings (SSSR count). The largest absolute Gasteiger partial charge is 0.342 e. The van der Waals surface area contributed by atoms with Crippen molar-refractivity contribution in [2.75, 3.05) is 13.1 Å². The van der Waals surface area contributed by atoms with Gasteiger partial charge in [-0.2, -0.15) is 0 Å². The summed E-state index contributed by atoms with van der Waals surface area (Å²) in [6, 6.07) is 18.7.